The number of nitrogen functional groups attached to an aromatic ring is 1. The van der Waals surface area contributed by atoms with E-state index in [1.54, 1.807) is 15.8 Å². The number of piperazine rings is 1. The Balaban J connectivity index is 1.81. The standard InChI is InChI=1S/C15H19N5O/c1-18-7-8-20(10-14(18)21)12-5-3-11(4-6-12)13-9-17-19(2)15(13)16/h3-6,9H,7-8,10,16H2,1-2H3. The van der Waals surface area contributed by atoms with Crippen molar-refractivity contribution >= 4 is 17.4 Å². The van der Waals surface area contributed by atoms with Crippen LogP contribution in [0.4, 0.5) is 11.5 Å². The molecule has 1 amide bonds. The van der Waals surface area contributed by atoms with Gasteiger partial charge in [0.1, 0.15) is 5.82 Å². The van der Waals surface area contributed by atoms with Crippen LogP contribution in [0.2, 0.25) is 0 Å². The highest BCUT2D eigenvalue weighted by Crippen LogP contribution is 2.27. The molecule has 0 unspecified atom stereocenters. The lowest BCUT2D eigenvalue weighted by Crippen LogP contribution is -2.48. The van der Waals surface area contributed by atoms with E-state index < -0.39 is 0 Å². The van der Waals surface area contributed by atoms with Gasteiger partial charge in [-0.15, -0.1) is 0 Å². The van der Waals surface area contributed by atoms with Crippen molar-refractivity contribution in [2.45, 2.75) is 0 Å². The molecule has 1 aliphatic heterocycles. The normalized spacial score (nSPS) is 15.6. The fourth-order valence-electron chi connectivity index (χ4n) is 2.50. The molecule has 2 N–H and O–H groups in total. The SMILES string of the molecule is CN1CCN(c2ccc(-c3cnn(C)c3N)cc2)CC1=O. The van der Waals surface area contributed by atoms with Gasteiger partial charge in [-0.3, -0.25) is 9.48 Å². The number of carbonyl (C=O) groups is 1. The van der Waals surface area contributed by atoms with E-state index in [4.69, 9.17) is 5.73 Å². The largest absolute Gasteiger partial charge is 0.383 e. The molecule has 1 saturated heterocycles. The molecule has 1 aromatic carbocycles. The van der Waals surface area contributed by atoms with E-state index in [-0.39, 0.29) is 5.91 Å². The fraction of sp³-hybridized carbons (Fsp3) is 0.333. The van der Waals surface area contributed by atoms with Gasteiger partial charge in [-0.25, -0.2) is 0 Å². The van der Waals surface area contributed by atoms with Gasteiger partial charge in [0.15, 0.2) is 0 Å². The number of aromatic nitrogens is 2. The van der Waals surface area contributed by atoms with Crippen molar-refractivity contribution in [1.29, 1.82) is 0 Å². The number of anilines is 2. The number of rotatable bonds is 2. The second-order valence-corrected chi connectivity index (χ2v) is 5.35. The van der Waals surface area contributed by atoms with Crippen LogP contribution in [-0.2, 0) is 11.8 Å². The molecule has 110 valence electrons. The molecule has 2 heterocycles. The van der Waals surface area contributed by atoms with E-state index in [1.165, 1.54) is 0 Å². The molecule has 21 heavy (non-hydrogen) atoms. The molecule has 6 heteroatoms. The minimum absolute atomic E-state index is 0.154. The number of hydrogen-bond acceptors (Lipinski definition) is 4. The molecule has 6 nitrogen and oxygen atoms in total. The summed E-state index contributed by atoms with van der Waals surface area (Å²) >= 11 is 0. The first kappa shape index (κ1) is 13.5. The predicted octanol–water partition coefficient (Wildman–Crippen LogP) is 0.948. The van der Waals surface area contributed by atoms with Gasteiger partial charge in [0.2, 0.25) is 5.91 Å². The maximum absolute atomic E-state index is 11.8. The van der Waals surface area contributed by atoms with Crippen LogP contribution in [0, 0.1) is 0 Å². The first-order valence-corrected chi connectivity index (χ1v) is 6.93. The van der Waals surface area contributed by atoms with Crippen LogP contribution in [0.3, 0.4) is 0 Å². The van der Waals surface area contributed by atoms with Crippen LogP contribution in [0.25, 0.3) is 11.1 Å². The summed E-state index contributed by atoms with van der Waals surface area (Å²) in [5.74, 6) is 0.805. The number of aryl methyl sites for hydroxylation is 1. The van der Waals surface area contributed by atoms with Crippen LogP contribution in [0.15, 0.2) is 30.5 Å². The van der Waals surface area contributed by atoms with Crippen molar-refractivity contribution in [1.82, 2.24) is 14.7 Å². The maximum atomic E-state index is 11.8. The summed E-state index contributed by atoms with van der Waals surface area (Å²) in [6, 6.07) is 8.09. The molecule has 0 radical (unpaired) electrons. The van der Waals surface area contributed by atoms with E-state index >= 15 is 0 Å². The van der Waals surface area contributed by atoms with E-state index in [0.29, 0.717) is 12.4 Å². The molecule has 0 spiro atoms. The summed E-state index contributed by atoms with van der Waals surface area (Å²) in [5, 5.41) is 4.15. The number of nitrogens with zero attached hydrogens (tertiary/aromatic N) is 4. The molecule has 1 fully saturated rings. The van der Waals surface area contributed by atoms with E-state index in [1.807, 2.05) is 38.4 Å². The molecule has 0 atom stereocenters. The molecule has 1 aliphatic rings. The van der Waals surface area contributed by atoms with Gasteiger partial charge < -0.3 is 15.5 Å². The Morgan fingerprint density at radius 2 is 1.86 bits per heavy atom. The summed E-state index contributed by atoms with van der Waals surface area (Å²) in [4.78, 5) is 15.6. The molecule has 0 bridgehead atoms. The number of nitrogens with two attached hydrogens (primary N) is 1. The van der Waals surface area contributed by atoms with Gasteiger partial charge in [0.25, 0.3) is 0 Å². The Labute approximate surface area is 123 Å². The molecular formula is C15H19N5O. The zero-order valence-corrected chi connectivity index (χ0v) is 12.3. The molecule has 3 rings (SSSR count). The molecule has 0 aliphatic carbocycles. The molecule has 1 aromatic heterocycles. The Morgan fingerprint density at radius 3 is 2.43 bits per heavy atom. The smallest absolute Gasteiger partial charge is 0.241 e. The summed E-state index contributed by atoms with van der Waals surface area (Å²) in [7, 11) is 3.66. The van der Waals surface area contributed by atoms with Crippen LogP contribution >= 0.6 is 0 Å². The van der Waals surface area contributed by atoms with Crippen molar-refractivity contribution in [2.75, 3.05) is 37.3 Å². The highest BCUT2D eigenvalue weighted by atomic mass is 16.2. The molecule has 0 saturated carbocycles. The van der Waals surface area contributed by atoms with Gasteiger partial charge >= 0.3 is 0 Å². The highest BCUT2D eigenvalue weighted by molar-refractivity contribution is 5.83. The van der Waals surface area contributed by atoms with Crippen LogP contribution in [-0.4, -0.2) is 47.3 Å². The Bertz CT molecular complexity index is 661. The topological polar surface area (TPSA) is 67.4 Å². The Hall–Kier alpha value is -2.50. The van der Waals surface area contributed by atoms with Crippen molar-refractivity contribution in [3.63, 3.8) is 0 Å². The summed E-state index contributed by atoms with van der Waals surface area (Å²) < 4.78 is 1.66. The van der Waals surface area contributed by atoms with Gasteiger partial charge in [0.05, 0.1) is 12.7 Å². The average molecular weight is 285 g/mol. The van der Waals surface area contributed by atoms with Crippen molar-refractivity contribution in [2.24, 2.45) is 7.05 Å². The number of benzene rings is 1. The van der Waals surface area contributed by atoms with Crippen molar-refractivity contribution < 1.29 is 4.79 Å². The fourth-order valence-corrected chi connectivity index (χ4v) is 2.50. The summed E-state index contributed by atoms with van der Waals surface area (Å²) in [6.45, 7) is 2.05. The maximum Gasteiger partial charge on any atom is 0.241 e. The monoisotopic (exact) mass is 285 g/mol. The van der Waals surface area contributed by atoms with E-state index in [2.05, 4.69) is 10.00 Å². The van der Waals surface area contributed by atoms with Crippen molar-refractivity contribution in [3.05, 3.63) is 30.5 Å². The Kier molecular flexibility index (Phi) is 3.29. The lowest BCUT2D eigenvalue weighted by molar-refractivity contribution is -0.129. The van der Waals surface area contributed by atoms with Crippen LogP contribution in [0.1, 0.15) is 0 Å². The third-order valence-electron chi connectivity index (χ3n) is 3.99. The van der Waals surface area contributed by atoms with Gasteiger partial charge in [-0.05, 0) is 17.7 Å². The lowest BCUT2D eigenvalue weighted by Gasteiger charge is -2.33. The van der Waals surface area contributed by atoms with Crippen LogP contribution < -0.4 is 10.6 Å². The predicted molar refractivity (Wildman–Crippen MR) is 82.9 cm³/mol. The van der Waals surface area contributed by atoms with Gasteiger partial charge in [-0.2, -0.15) is 5.10 Å². The lowest BCUT2D eigenvalue weighted by atomic mass is 10.1. The molecule has 2 aromatic rings. The number of carbonyl (C=O) groups excluding carboxylic acids is 1. The van der Waals surface area contributed by atoms with Crippen molar-refractivity contribution in [3.8, 4) is 11.1 Å². The van der Waals surface area contributed by atoms with E-state index in [0.717, 1.165) is 29.9 Å². The first-order valence-electron chi connectivity index (χ1n) is 6.93. The minimum atomic E-state index is 0.154. The summed E-state index contributed by atoms with van der Waals surface area (Å²) in [6.07, 6.45) is 1.77. The van der Waals surface area contributed by atoms with E-state index in [9.17, 15) is 4.79 Å². The average Bonchev–Trinajstić information content (AvgIpc) is 2.82. The second kappa shape index (κ2) is 5.12. The quantitative estimate of drug-likeness (QED) is 0.892. The first-order chi connectivity index (χ1) is 10.1. The van der Waals surface area contributed by atoms with Gasteiger partial charge in [-0.1, -0.05) is 12.1 Å². The number of amides is 1. The minimum Gasteiger partial charge on any atom is -0.383 e. The number of hydrogen-bond donors (Lipinski definition) is 1. The number of likely N-dealkylation sites (N-methyl/N-ethyl adjacent to an activating group) is 1. The van der Waals surface area contributed by atoms with Gasteiger partial charge in [0, 0.05) is 38.4 Å². The van der Waals surface area contributed by atoms with Crippen LogP contribution in [0.5, 0.6) is 0 Å². The zero-order chi connectivity index (χ0) is 15.0. The summed E-state index contributed by atoms with van der Waals surface area (Å²) in [5.41, 5.74) is 9.01. The third kappa shape index (κ3) is 2.44. The third-order valence-corrected chi connectivity index (χ3v) is 3.99. The molecular weight excluding hydrogens is 266 g/mol. The second-order valence-electron chi connectivity index (χ2n) is 5.35. The Morgan fingerprint density at radius 1 is 1.14 bits per heavy atom. The zero-order valence-electron chi connectivity index (χ0n) is 12.3. The highest BCUT2D eigenvalue weighted by Gasteiger charge is 2.21.